The van der Waals surface area contributed by atoms with E-state index in [4.69, 9.17) is 5.11 Å². The Hall–Kier alpha value is -2.90. The van der Waals surface area contributed by atoms with Crippen LogP contribution in [0.4, 0.5) is 10.5 Å². The van der Waals surface area contributed by atoms with Crippen LogP contribution in [-0.4, -0.2) is 31.9 Å². The van der Waals surface area contributed by atoms with E-state index in [1.807, 2.05) is 6.92 Å². The number of carboxylic acid groups (broad SMARTS) is 1. The number of nitrogens with one attached hydrogen (secondary N) is 2. The van der Waals surface area contributed by atoms with Crippen LogP contribution in [0.25, 0.3) is 0 Å². The van der Waals surface area contributed by atoms with Crippen molar-refractivity contribution in [3.05, 3.63) is 42.0 Å². The van der Waals surface area contributed by atoms with Crippen LogP contribution in [0.1, 0.15) is 23.0 Å². The van der Waals surface area contributed by atoms with Crippen molar-refractivity contribution in [3.63, 3.8) is 0 Å². The van der Waals surface area contributed by atoms with Gasteiger partial charge in [-0.05, 0) is 19.1 Å². The van der Waals surface area contributed by atoms with Gasteiger partial charge in [0.2, 0.25) is 0 Å². The van der Waals surface area contributed by atoms with Gasteiger partial charge in [-0.1, -0.05) is 0 Å². The second-order valence-electron chi connectivity index (χ2n) is 4.23. The van der Waals surface area contributed by atoms with Crippen LogP contribution in [-0.2, 0) is 13.1 Å². The third-order valence-corrected chi connectivity index (χ3v) is 2.71. The molecule has 8 heteroatoms. The Labute approximate surface area is 120 Å². The fourth-order valence-corrected chi connectivity index (χ4v) is 1.66. The Morgan fingerprint density at radius 3 is 2.90 bits per heavy atom. The molecule has 0 saturated carbocycles. The van der Waals surface area contributed by atoms with E-state index in [2.05, 4.69) is 20.7 Å². The van der Waals surface area contributed by atoms with Gasteiger partial charge in [0.25, 0.3) is 0 Å². The first-order valence-electron chi connectivity index (χ1n) is 6.34. The Morgan fingerprint density at radius 2 is 2.24 bits per heavy atom. The summed E-state index contributed by atoms with van der Waals surface area (Å²) in [6.45, 7) is 2.79. The minimum atomic E-state index is -1.03. The van der Waals surface area contributed by atoms with E-state index < -0.39 is 12.0 Å². The summed E-state index contributed by atoms with van der Waals surface area (Å²) in [5.41, 5.74) is 1.18. The number of hydrogen-bond donors (Lipinski definition) is 3. The van der Waals surface area contributed by atoms with Crippen molar-refractivity contribution in [2.24, 2.45) is 0 Å². The molecule has 2 amide bonds. The van der Waals surface area contributed by atoms with Gasteiger partial charge >= 0.3 is 12.0 Å². The van der Waals surface area contributed by atoms with Gasteiger partial charge in [0.05, 0.1) is 29.7 Å². The van der Waals surface area contributed by atoms with Crippen LogP contribution in [0.3, 0.4) is 0 Å². The van der Waals surface area contributed by atoms with Crippen LogP contribution in [0.2, 0.25) is 0 Å². The summed E-state index contributed by atoms with van der Waals surface area (Å²) >= 11 is 0. The molecule has 8 nitrogen and oxygen atoms in total. The zero-order valence-electron chi connectivity index (χ0n) is 11.4. The lowest BCUT2D eigenvalue weighted by Gasteiger charge is -2.06. The highest BCUT2D eigenvalue weighted by Crippen LogP contribution is 2.05. The Morgan fingerprint density at radius 1 is 1.43 bits per heavy atom. The average molecular weight is 289 g/mol. The molecule has 0 aliphatic carbocycles. The van der Waals surface area contributed by atoms with Crippen LogP contribution in [0.15, 0.2) is 30.7 Å². The van der Waals surface area contributed by atoms with Crippen molar-refractivity contribution in [2.75, 3.05) is 5.32 Å². The quantitative estimate of drug-likeness (QED) is 0.769. The molecule has 0 radical (unpaired) electrons. The van der Waals surface area contributed by atoms with Gasteiger partial charge in [0.15, 0.2) is 0 Å². The summed E-state index contributed by atoms with van der Waals surface area (Å²) in [4.78, 5) is 26.5. The molecule has 3 N–H and O–H groups in total. The molecule has 2 heterocycles. The molecule has 0 unspecified atom stereocenters. The SMILES string of the molecule is CCn1cc(NC(=O)NCc2cc(C(=O)O)ccn2)cn1. The number of pyridine rings is 1. The first kappa shape index (κ1) is 14.5. The molecule has 2 rings (SSSR count). The van der Waals surface area contributed by atoms with E-state index in [1.54, 1.807) is 17.1 Å². The number of aromatic nitrogens is 3. The van der Waals surface area contributed by atoms with Crippen LogP contribution >= 0.6 is 0 Å². The molecule has 0 aliphatic heterocycles. The average Bonchev–Trinajstić information content (AvgIpc) is 2.93. The maximum atomic E-state index is 11.7. The van der Waals surface area contributed by atoms with Gasteiger partial charge in [-0.3, -0.25) is 9.67 Å². The lowest BCUT2D eigenvalue weighted by atomic mass is 10.2. The fraction of sp³-hybridized carbons (Fsp3) is 0.231. The van der Waals surface area contributed by atoms with Gasteiger partial charge in [-0.25, -0.2) is 9.59 Å². The topological polar surface area (TPSA) is 109 Å². The molecular formula is C13H15N5O3. The number of carbonyl (C=O) groups is 2. The first-order valence-corrected chi connectivity index (χ1v) is 6.34. The lowest BCUT2D eigenvalue weighted by molar-refractivity contribution is 0.0696. The molecule has 21 heavy (non-hydrogen) atoms. The molecule has 2 aromatic rings. The largest absolute Gasteiger partial charge is 0.478 e. The van der Waals surface area contributed by atoms with E-state index in [1.165, 1.54) is 18.3 Å². The molecule has 2 aromatic heterocycles. The zero-order valence-corrected chi connectivity index (χ0v) is 11.4. The van der Waals surface area contributed by atoms with Gasteiger partial charge in [-0.15, -0.1) is 0 Å². The number of aromatic carboxylic acids is 1. The number of nitrogens with zero attached hydrogens (tertiary/aromatic N) is 3. The predicted molar refractivity (Wildman–Crippen MR) is 75.0 cm³/mol. The maximum absolute atomic E-state index is 11.7. The predicted octanol–water partition coefficient (Wildman–Crippen LogP) is 1.32. The van der Waals surface area contributed by atoms with Crippen molar-refractivity contribution in [1.29, 1.82) is 0 Å². The minimum absolute atomic E-state index is 0.131. The highest BCUT2D eigenvalue weighted by Gasteiger charge is 2.07. The number of carboxylic acids is 1. The van der Waals surface area contributed by atoms with Crippen LogP contribution in [0, 0.1) is 0 Å². The smallest absolute Gasteiger partial charge is 0.335 e. The van der Waals surface area contributed by atoms with Crippen LogP contribution in [0.5, 0.6) is 0 Å². The number of aryl methyl sites for hydroxylation is 1. The van der Waals surface area contributed by atoms with Gasteiger partial charge in [0.1, 0.15) is 0 Å². The van der Waals surface area contributed by atoms with E-state index in [-0.39, 0.29) is 12.1 Å². The molecule has 0 aromatic carbocycles. The van der Waals surface area contributed by atoms with Crippen molar-refractivity contribution in [3.8, 4) is 0 Å². The molecule has 0 saturated heterocycles. The lowest BCUT2D eigenvalue weighted by Crippen LogP contribution is -2.28. The highest BCUT2D eigenvalue weighted by molar-refractivity contribution is 5.89. The second-order valence-corrected chi connectivity index (χ2v) is 4.23. The van der Waals surface area contributed by atoms with Gasteiger partial charge in [0, 0.05) is 18.9 Å². The van der Waals surface area contributed by atoms with Crippen molar-refractivity contribution in [2.45, 2.75) is 20.0 Å². The highest BCUT2D eigenvalue weighted by atomic mass is 16.4. The van der Waals surface area contributed by atoms with E-state index in [0.29, 0.717) is 11.4 Å². The second kappa shape index (κ2) is 6.51. The standard InChI is InChI=1S/C13H15N5O3/c1-2-18-8-11(7-16-18)17-13(21)15-6-10-5-9(12(19)20)3-4-14-10/h3-5,7-8H,2,6H2,1H3,(H,19,20)(H2,15,17,21). The normalized spacial score (nSPS) is 10.1. The van der Waals surface area contributed by atoms with E-state index >= 15 is 0 Å². The van der Waals surface area contributed by atoms with Crippen molar-refractivity contribution in [1.82, 2.24) is 20.1 Å². The zero-order chi connectivity index (χ0) is 15.2. The Kier molecular flexibility index (Phi) is 4.50. The molecule has 0 bridgehead atoms. The number of anilines is 1. The number of rotatable bonds is 5. The minimum Gasteiger partial charge on any atom is -0.478 e. The molecule has 110 valence electrons. The molecule has 0 atom stereocenters. The summed E-state index contributed by atoms with van der Waals surface area (Å²) in [6.07, 6.45) is 4.65. The van der Waals surface area contributed by atoms with Gasteiger partial charge in [-0.2, -0.15) is 5.10 Å². The summed E-state index contributed by atoms with van der Waals surface area (Å²) < 4.78 is 1.69. The van der Waals surface area contributed by atoms with E-state index in [9.17, 15) is 9.59 Å². The van der Waals surface area contributed by atoms with Gasteiger partial charge < -0.3 is 15.7 Å². The molecule has 0 spiro atoms. The number of urea groups is 1. The summed E-state index contributed by atoms with van der Waals surface area (Å²) in [5, 5.41) is 18.1. The van der Waals surface area contributed by atoms with Crippen molar-refractivity contribution < 1.29 is 14.7 Å². The monoisotopic (exact) mass is 289 g/mol. The fourth-order valence-electron chi connectivity index (χ4n) is 1.66. The molecule has 0 aliphatic rings. The Balaban J connectivity index is 1.89. The summed E-state index contributed by atoms with van der Waals surface area (Å²) in [7, 11) is 0. The molecule has 0 fully saturated rings. The number of hydrogen-bond acceptors (Lipinski definition) is 4. The Bertz CT molecular complexity index is 653. The first-order chi connectivity index (χ1) is 10.1. The van der Waals surface area contributed by atoms with Crippen molar-refractivity contribution >= 4 is 17.7 Å². The number of amides is 2. The van der Waals surface area contributed by atoms with Crippen LogP contribution < -0.4 is 10.6 Å². The third-order valence-electron chi connectivity index (χ3n) is 2.71. The summed E-state index contributed by atoms with van der Waals surface area (Å²) in [6, 6.07) is 2.40. The summed E-state index contributed by atoms with van der Waals surface area (Å²) in [5.74, 6) is -1.03. The maximum Gasteiger partial charge on any atom is 0.335 e. The van der Waals surface area contributed by atoms with E-state index in [0.717, 1.165) is 6.54 Å². The number of carbonyl (C=O) groups excluding carboxylic acids is 1. The third kappa shape index (κ3) is 4.03. The molecular weight excluding hydrogens is 274 g/mol.